The molecule has 0 fully saturated rings. The minimum absolute atomic E-state index is 0.482. The number of aryl methyl sites for hydroxylation is 2. The van der Waals surface area contributed by atoms with Gasteiger partial charge in [-0.1, -0.05) is 60.1 Å². The fourth-order valence-corrected chi connectivity index (χ4v) is 3.68. The molecule has 0 aromatic heterocycles. The molecule has 4 aromatic carbocycles. The molecule has 0 amide bonds. The van der Waals surface area contributed by atoms with Crippen molar-refractivity contribution in [3.8, 4) is 5.75 Å². The van der Waals surface area contributed by atoms with Gasteiger partial charge in [0.25, 0.3) is 0 Å². The van der Waals surface area contributed by atoms with Gasteiger partial charge in [-0.2, -0.15) is 0 Å². The number of fused-ring (bicyclic) bond motifs is 1. The normalized spacial score (nSPS) is 10.9. The topological polar surface area (TPSA) is 21.3 Å². The lowest BCUT2D eigenvalue weighted by Crippen LogP contribution is -2.05. The maximum absolute atomic E-state index is 6.22. The van der Waals surface area contributed by atoms with Gasteiger partial charge in [0.2, 0.25) is 0 Å². The third-order valence-corrected chi connectivity index (χ3v) is 5.49. The third kappa shape index (κ3) is 4.55. The van der Waals surface area contributed by atoms with Gasteiger partial charge in [-0.15, -0.1) is 0 Å². The number of halogens is 1. The summed E-state index contributed by atoms with van der Waals surface area (Å²) < 4.78 is 6.22. The first-order valence-corrected chi connectivity index (χ1v) is 10.2. The van der Waals surface area contributed by atoms with Gasteiger partial charge >= 0.3 is 0 Å². The summed E-state index contributed by atoms with van der Waals surface area (Å²) in [4.78, 5) is 0. The summed E-state index contributed by atoms with van der Waals surface area (Å²) in [5.41, 5.74) is 5.90. The van der Waals surface area contributed by atoms with Crippen molar-refractivity contribution >= 4 is 28.1 Å². The van der Waals surface area contributed by atoms with E-state index in [0.717, 1.165) is 27.6 Å². The number of rotatable bonds is 6. The fraction of sp³-hybridized carbons (Fsp3) is 0.154. The summed E-state index contributed by atoms with van der Waals surface area (Å²) in [7, 11) is 0. The second kappa shape index (κ2) is 8.59. The molecule has 29 heavy (non-hydrogen) atoms. The molecule has 0 unspecified atom stereocenters. The third-order valence-electron chi connectivity index (χ3n) is 5.26. The van der Waals surface area contributed by atoms with Crippen molar-refractivity contribution in [2.24, 2.45) is 0 Å². The van der Waals surface area contributed by atoms with E-state index in [-0.39, 0.29) is 0 Å². The Morgan fingerprint density at radius 1 is 0.828 bits per heavy atom. The van der Waals surface area contributed by atoms with E-state index in [0.29, 0.717) is 13.2 Å². The molecular formula is C26H24ClNO. The smallest absolute Gasteiger partial charge is 0.125 e. The van der Waals surface area contributed by atoms with Gasteiger partial charge in [-0.25, -0.2) is 0 Å². The predicted molar refractivity (Wildman–Crippen MR) is 123 cm³/mol. The fourth-order valence-electron chi connectivity index (χ4n) is 3.46. The average Bonchev–Trinajstić information content (AvgIpc) is 2.73. The highest BCUT2D eigenvalue weighted by molar-refractivity contribution is 6.30. The van der Waals surface area contributed by atoms with Crippen LogP contribution in [0.2, 0.25) is 5.02 Å². The molecule has 0 saturated heterocycles. The van der Waals surface area contributed by atoms with Crippen molar-refractivity contribution < 1.29 is 4.74 Å². The van der Waals surface area contributed by atoms with Crippen molar-refractivity contribution in [3.05, 3.63) is 106 Å². The molecular weight excluding hydrogens is 378 g/mol. The second-order valence-corrected chi connectivity index (χ2v) is 7.77. The summed E-state index contributed by atoms with van der Waals surface area (Å²) in [5.74, 6) is 0.889. The Kier molecular flexibility index (Phi) is 5.73. The van der Waals surface area contributed by atoms with Crippen molar-refractivity contribution in [3.63, 3.8) is 0 Å². The molecule has 0 heterocycles. The molecule has 0 spiro atoms. The molecule has 0 bridgehead atoms. The first kappa shape index (κ1) is 19.4. The van der Waals surface area contributed by atoms with Crippen LogP contribution < -0.4 is 10.1 Å². The number of benzene rings is 4. The highest BCUT2D eigenvalue weighted by Crippen LogP contribution is 2.30. The molecule has 1 N–H and O–H groups in total. The van der Waals surface area contributed by atoms with Crippen molar-refractivity contribution in [2.75, 3.05) is 5.32 Å². The van der Waals surface area contributed by atoms with Crippen LogP contribution in [-0.4, -0.2) is 0 Å². The van der Waals surface area contributed by atoms with E-state index in [1.807, 2.05) is 24.3 Å². The number of hydrogen-bond acceptors (Lipinski definition) is 2. The van der Waals surface area contributed by atoms with Crippen LogP contribution in [0, 0.1) is 13.8 Å². The molecule has 0 radical (unpaired) electrons. The number of anilines is 1. The van der Waals surface area contributed by atoms with Crippen LogP contribution >= 0.6 is 11.6 Å². The van der Waals surface area contributed by atoms with Crippen LogP contribution in [-0.2, 0) is 13.2 Å². The van der Waals surface area contributed by atoms with Crippen LogP contribution in [0.1, 0.15) is 22.3 Å². The van der Waals surface area contributed by atoms with E-state index in [2.05, 4.69) is 73.8 Å². The number of nitrogens with one attached hydrogen (secondary N) is 1. The van der Waals surface area contributed by atoms with Crippen LogP contribution in [0.4, 0.5) is 5.69 Å². The highest BCUT2D eigenvalue weighted by Gasteiger charge is 2.10. The molecule has 4 rings (SSSR count). The summed E-state index contributed by atoms with van der Waals surface area (Å²) in [6.07, 6.45) is 0. The molecule has 0 atom stereocenters. The summed E-state index contributed by atoms with van der Waals surface area (Å²) >= 11 is 6.11. The Morgan fingerprint density at radius 3 is 2.52 bits per heavy atom. The zero-order valence-corrected chi connectivity index (χ0v) is 17.5. The molecule has 146 valence electrons. The Labute approximate surface area is 177 Å². The van der Waals surface area contributed by atoms with E-state index in [9.17, 15) is 0 Å². The largest absolute Gasteiger partial charge is 0.489 e. The highest BCUT2D eigenvalue weighted by atomic mass is 35.5. The molecule has 0 aliphatic rings. The monoisotopic (exact) mass is 401 g/mol. The maximum atomic E-state index is 6.22. The molecule has 2 nitrogen and oxygen atoms in total. The number of ether oxygens (including phenoxy) is 1. The van der Waals surface area contributed by atoms with Crippen LogP contribution in [0.15, 0.2) is 78.9 Å². The van der Waals surface area contributed by atoms with Gasteiger partial charge in [-0.05, 0) is 71.6 Å². The molecule has 4 aromatic rings. The van der Waals surface area contributed by atoms with Crippen LogP contribution in [0.3, 0.4) is 0 Å². The van der Waals surface area contributed by atoms with E-state index in [1.165, 1.54) is 21.9 Å². The Hall–Kier alpha value is -2.97. The minimum Gasteiger partial charge on any atom is -0.489 e. The van der Waals surface area contributed by atoms with Crippen LogP contribution in [0.5, 0.6) is 5.75 Å². The van der Waals surface area contributed by atoms with E-state index in [4.69, 9.17) is 16.3 Å². The van der Waals surface area contributed by atoms with Gasteiger partial charge in [0.1, 0.15) is 12.4 Å². The minimum atomic E-state index is 0.482. The van der Waals surface area contributed by atoms with Crippen molar-refractivity contribution in [1.29, 1.82) is 0 Å². The quantitative estimate of drug-likeness (QED) is 0.366. The molecule has 3 heteroatoms. The van der Waals surface area contributed by atoms with Crippen LogP contribution in [0.25, 0.3) is 10.8 Å². The van der Waals surface area contributed by atoms with Gasteiger partial charge in [0.15, 0.2) is 0 Å². The predicted octanol–water partition coefficient (Wildman–Crippen LogP) is 7.30. The van der Waals surface area contributed by atoms with Crippen molar-refractivity contribution in [1.82, 2.24) is 0 Å². The zero-order valence-electron chi connectivity index (χ0n) is 16.7. The average molecular weight is 402 g/mol. The zero-order chi connectivity index (χ0) is 20.2. The first-order valence-electron chi connectivity index (χ1n) is 9.79. The van der Waals surface area contributed by atoms with E-state index >= 15 is 0 Å². The molecule has 0 aliphatic carbocycles. The van der Waals surface area contributed by atoms with E-state index < -0.39 is 0 Å². The van der Waals surface area contributed by atoms with Gasteiger partial charge in [0, 0.05) is 22.8 Å². The van der Waals surface area contributed by atoms with E-state index in [1.54, 1.807) is 0 Å². The standard InChI is InChI=1S/C26H24ClNO/c1-18-10-12-23(14-19(18)2)28-16-25-24-9-4-3-7-21(24)11-13-26(25)29-17-20-6-5-8-22(27)15-20/h3-15,28H,16-17H2,1-2H3. The van der Waals surface area contributed by atoms with Crippen molar-refractivity contribution in [2.45, 2.75) is 27.0 Å². The molecule has 0 aliphatic heterocycles. The summed E-state index contributed by atoms with van der Waals surface area (Å²) in [6.45, 7) is 5.44. The SMILES string of the molecule is Cc1ccc(NCc2c(OCc3cccc(Cl)c3)ccc3ccccc23)cc1C. The summed E-state index contributed by atoms with van der Waals surface area (Å²) in [5, 5.41) is 6.70. The van der Waals surface area contributed by atoms with Gasteiger partial charge in [0.05, 0.1) is 0 Å². The summed E-state index contributed by atoms with van der Waals surface area (Å²) in [6, 6.07) is 26.8. The lowest BCUT2D eigenvalue weighted by atomic mass is 10.0. The Balaban J connectivity index is 1.62. The lowest BCUT2D eigenvalue weighted by Gasteiger charge is -2.16. The Bertz CT molecular complexity index is 1150. The van der Waals surface area contributed by atoms with Gasteiger partial charge in [-0.3, -0.25) is 0 Å². The lowest BCUT2D eigenvalue weighted by molar-refractivity contribution is 0.304. The first-order chi connectivity index (χ1) is 14.1. The second-order valence-electron chi connectivity index (χ2n) is 7.33. The number of hydrogen-bond donors (Lipinski definition) is 1. The Morgan fingerprint density at radius 2 is 1.69 bits per heavy atom. The maximum Gasteiger partial charge on any atom is 0.125 e. The van der Waals surface area contributed by atoms with Gasteiger partial charge < -0.3 is 10.1 Å². The molecule has 0 saturated carbocycles.